The molecule has 1 amide bonds. The number of nitrogens with two attached hydrogens (primary N) is 1. The highest BCUT2D eigenvalue weighted by molar-refractivity contribution is 5.85. The van der Waals surface area contributed by atoms with Crippen LogP contribution in [-0.2, 0) is 4.79 Å². The van der Waals surface area contributed by atoms with E-state index in [1.165, 1.54) is 19.4 Å². The predicted octanol–water partition coefficient (Wildman–Crippen LogP) is 1.17. The number of carbonyl (C=O) groups is 1. The molecule has 1 saturated heterocycles. The van der Waals surface area contributed by atoms with Crippen molar-refractivity contribution in [2.45, 2.75) is 44.7 Å². The van der Waals surface area contributed by atoms with Gasteiger partial charge >= 0.3 is 0 Å². The Bertz CT molecular complexity index is 252. The van der Waals surface area contributed by atoms with Crippen LogP contribution in [0.5, 0.6) is 0 Å². The van der Waals surface area contributed by atoms with Gasteiger partial charge in [-0.1, -0.05) is 0 Å². The fourth-order valence-electron chi connectivity index (χ4n) is 2.26. The van der Waals surface area contributed by atoms with Crippen molar-refractivity contribution < 1.29 is 4.79 Å². The standard InChI is InChI=1S/C12H23N3O.2ClH/c1-9(13)12(16)14-11-4-6-15(7-5-11)8-10-2-3-10;;/h9-11H,2-8,13H2,1H3,(H,14,16);2*1H/t9-;;/m1../s1. The van der Waals surface area contributed by atoms with E-state index in [1.807, 2.05) is 0 Å². The van der Waals surface area contributed by atoms with Crippen LogP contribution in [-0.4, -0.2) is 42.5 Å². The average molecular weight is 298 g/mol. The minimum absolute atomic E-state index is 0. The number of carbonyl (C=O) groups excluding carboxylic acids is 1. The second kappa shape index (κ2) is 8.20. The van der Waals surface area contributed by atoms with Gasteiger partial charge in [-0.05, 0) is 38.5 Å². The zero-order chi connectivity index (χ0) is 11.5. The molecule has 2 aliphatic rings. The Balaban J connectivity index is 0.00000144. The SMILES string of the molecule is C[C@@H](N)C(=O)NC1CCN(CC2CC2)CC1.Cl.Cl. The topological polar surface area (TPSA) is 58.4 Å². The van der Waals surface area contributed by atoms with Crippen LogP contribution >= 0.6 is 24.8 Å². The quantitative estimate of drug-likeness (QED) is 0.819. The van der Waals surface area contributed by atoms with Crippen molar-refractivity contribution in [1.82, 2.24) is 10.2 Å². The van der Waals surface area contributed by atoms with E-state index < -0.39 is 0 Å². The molecule has 0 aromatic rings. The van der Waals surface area contributed by atoms with Crippen molar-refractivity contribution in [3.05, 3.63) is 0 Å². The Hall–Kier alpha value is -0.0300. The number of hydrogen-bond donors (Lipinski definition) is 2. The van der Waals surface area contributed by atoms with E-state index in [2.05, 4.69) is 10.2 Å². The van der Waals surface area contributed by atoms with Gasteiger partial charge in [-0.2, -0.15) is 0 Å². The Morgan fingerprint density at radius 2 is 1.83 bits per heavy atom. The molecule has 0 spiro atoms. The van der Waals surface area contributed by atoms with Crippen LogP contribution in [0.2, 0.25) is 0 Å². The molecule has 2 rings (SSSR count). The second-order valence-electron chi connectivity index (χ2n) is 5.32. The molecule has 1 saturated carbocycles. The van der Waals surface area contributed by atoms with E-state index in [0.717, 1.165) is 31.8 Å². The number of nitrogens with zero attached hydrogens (tertiary/aromatic N) is 1. The summed E-state index contributed by atoms with van der Waals surface area (Å²) in [7, 11) is 0. The molecule has 4 nitrogen and oxygen atoms in total. The summed E-state index contributed by atoms with van der Waals surface area (Å²) in [6, 6.07) is -0.0431. The molecule has 2 fully saturated rings. The third-order valence-electron chi connectivity index (χ3n) is 3.56. The van der Waals surface area contributed by atoms with Gasteiger partial charge < -0.3 is 16.0 Å². The van der Waals surface area contributed by atoms with Gasteiger partial charge in [-0.25, -0.2) is 0 Å². The Morgan fingerprint density at radius 1 is 1.28 bits per heavy atom. The number of nitrogens with one attached hydrogen (secondary N) is 1. The molecule has 1 aliphatic carbocycles. The first-order valence-electron chi connectivity index (χ1n) is 6.43. The number of piperidine rings is 1. The molecule has 0 bridgehead atoms. The molecule has 1 atom stereocenters. The van der Waals surface area contributed by atoms with Gasteiger partial charge in [0.15, 0.2) is 0 Å². The van der Waals surface area contributed by atoms with Gasteiger partial charge in [-0.15, -0.1) is 24.8 Å². The van der Waals surface area contributed by atoms with E-state index in [0.29, 0.717) is 6.04 Å². The molecule has 0 aromatic carbocycles. The minimum atomic E-state index is -0.385. The zero-order valence-electron chi connectivity index (χ0n) is 10.9. The number of hydrogen-bond acceptors (Lipinski definition) is 3. The third-order valence-corrected chi connectivity index (χ3v) is 3.56. The van der Waals surface area contributed by atoms with Gasteiger partial charge in [0.25, 0.3) is 0 Å². The summed E-state index contributed by atoms with van der Waals surface area (Å²) < 4.78 is 0. The van der Waals surface area contributed by atoms with Gasteiger partial charge in [0.2, 0.25) is 5.91 Å². The molecule has 0 unspecified atom stereocenters. The Morgan fingerprint density at radius 3 is 2.28 bits per heavy atom. The van der Waals surface area contributed by atoms with E-state index in [9.17, 15) is 4.79 Å². The summed E-state index contributed by atoms with van der Waals surface area (Å²) in [5.41, 5.74) is 5.53. The molecule has 1 heterocycles. The van der Waals surface area contributed by atoms with E-state index >= 15 is 0 Å². The summed E-state index contributed by atoms with van der Waals surface area (Å²) >= 11 is 0. The van der Waals surface area contributed by atoms with Crippen molar-refractivity contribution in [3.63, 3.8) is 0 Å². The van der Waals surface area contributed by atoms with Crippen LogP contribution in [0.1, 0.15) is 32.6 Å². The second-order valence-corrected chi connectivity index (χ2v) is 5.32. The molecule has 1 aliphatic heterocycles. The highest BCUT2D eigenvalue weighted by Gasteiger charge is 2.27. The fourth-order valence-corrected chi connectivity index (χ4v) is 2.26. The van der Waals surface area contributed by atoms with Crippen LogP contribution in [0, 0.1) is 5.92 Å². The van der Waals surface area contributed by atoms with Crippen LogP contribution in [0.15, 0.2) is 0 Å². The van der Waals surface area contributed by atoms with Gasteiger partial charge in [0.1, 0.15) is 0 Å². The number of rotatable bonds is 4. The number of halogens is 2. The molecular formula is C12H25Cl2N3O. The lowest BCUT2D eigenvalue weighted by atomic mass is 10.0. The molecule has 0 aromatic heterocycles. The maximum Gasteiger partial charge on any atom is 0.236 e. The first kappa shape index (κ1) is 18.0. The Kier molecular flexibility index (Phi) is 8.19. The van der Waals surface area contributed by atoms with Crippen molar-refractivity contribution in [2.24, 2.45) is 11.7 Å². The molecule has 0 radical (unpaired) electrons. The highest BCUT2D eigenvalue weighted by atomic mass is 35.5. The zero-order valence-corrected chi connectivity index (χ0v) is 12.6. The Labute approximate surface area is 122 Å². The predicted molar refractivity (Wildman–Crippen MR) is 78.5 cm³/mol. The van der Waals surface area contributed by atoms with Crippen LogP contribution in [0.4, 0.5) is 0 Å². The fraction of sp³-hybridized carbons (Fsp3) is 0.917. The lowest BCUT2D eigenvalue weighted by Gasteiger charge is -2.32. The number of likely N-dealkylation sites (tertiary alicyclic amines) is 1. The van der Waals surface area contributed by atoms with Gasteiger partial charge in [-0.3, -0.25) is 4.79 Å². The van der Waals surface area contributed by atoms with Crippen LogP contribution in [0.3, 0.4) is 0 Å². The molecular weight excluding hydrogens is 273 g/mol. The lowest BCUT2D eigenvalue weighted by Crippen LogP contribution is -2.49. The third kappa shape index (κ3) is 5.74. The van der Waals surface area contributed by atoms with E-state index in [4.69, 9.17) is 5.73 Å². The maximum atomic E-state index is 11.4. The smallest absolute Gasteiger partial charge is 0.236 e. The monoisotopic (exact) mass is 297 g/mol. The van der Waals surface area contributed by atoms with Gasteiger partial charge in [0.05, 0.1) is 6.04 Å². The highest BCUT2D eigenvalue weighted by Crippen LogP contribution is 2.30. The first-order chi connectivity index (χ1) is 7.65. The normalized spacial score (nSPS) is 22.6. The van der Waals surface area contributed by atoms with Crippen molar-refractivity contribution in [2.75, 3.05) is 19.6 Å². The maximum absolute atomic E-state index is 11.4. The molecule has 18 heavy (non-hydrogen) atoms. The van der Waals surface area contributed by atoms with Crippen LogP contribution < -0.4 is 11.1 Å². The molecule has 6 heteroatoms. The van der Waals surface area contributed by atoms with E-state index in [1.54, 1.807) is 6.92 Å². The van der Waals surface area contributed by atoms with Crippen molar-refractivity contribution in [1.29, 1.82) is 0 Å². The largest absolute Gasteiger partial charge is 0.352 e. The van der Waals surface area contributed by atoms with Crippen LogP contribution in [0.25, 0.3) is 0 Å². The summed E-state index contributed by atoms with van der Waals surface area (Å²) in [5.74, 6) is 0.954. The first-order valence-corrected chi connectivity index (χ1v) is 6.43. The van der Waals surface area contributed by atoms with Crippen molar-refractivity contribution in [3.8, 4) is 0 Å². The van der Waals surface area contributed by atoms with Crippen molar-refractivity contribution >= 4 is 30.7 Å². The van der Waals surface area contributed by atoms with E-state index in [-0.39, 0.29) is 36.8 Å². The lowest BCUT2D eigenvalue weighted by molar-refractivity contribution is -0.123. The summed E-state index contributed by atoms with van der Waals surface area (Å²) in [5, 5.41) is 3.02. The summed E-state index contributed by atoms with van der Waals surface area (Å²) in [4.78, 5) is 14.0. The average Bonchev–Trinajstić information content (AvgIpc) is 3.04. The molecule has 108 valence electrons. The molecule has 3 N–H and O–H groups in total. The van der Waals surface area contributed by atoms with Gasteiger partial charge in [0, 0.05) is 25.7 Å². The minimum Gasteiger partial charge on any atom is -0.352 e. The number of amides is 1. The summed E-state index contributed by atoms with van der Waals surface area (Å²) in [6.45, 7) is 5.26. The summed E-state index contributed by atoms with van der Waals surface area (Å²) in [6.07, 6.45) is 4.99.